The number of barbiturate groups is 1. The van der Waals surface area contributed by atoms with Crippen LogP contribution >= 0.6 is 15.9 Å². The molecule has 1 saturated heterocycles. The predicted molar refractivity (Wildman–Crippen MR) is 179 cm³/mol. The average molecular weight is 701 g/mol. The number of halogens is 1. The Bertz CT molecular complexity index is 1810. The molecule has 0 saturated carbocycles. The van der Waals surface area contributed by atoms with Gasteiger partial charge in [-0.1, -0.05) is 30.3 Å². The van der Waals surface area contributed by atoms with Crippen molar-refractivity contribution in [2.24, 2.45) is 0 Å². The van der Waals surface area contributed by atoms with E-state index < -0.39 is 23.8 Å². The van der Waals surface area contributed by atoms with E-state index in [4.69, 9.17) is 18.9 Å². The smallest absolute Gasteiger partial charge is 0.335 e. The van der Waals surface area contributed by atoms with Crippen LogP contribution in [0.2, 0.25) is 0 Å². The summed E-state index contributed by atoms with van der Waals surface area (Å²) in [4.78, 5) is 52.5. The van der Waals surface area contributed by atoms with E-state index in [2.05, 4.69) is 26.6 Å². The van der Waals surface area contributed by atoms with Crippen LogP contribution in [0.4, 0.5) is 16.2 Å². The van der Waals surface area contributed by atoms with E-state index in [-0.39, 0.29) is 36.0 Å². The van der Waals surface area contributed by atoms with Gasteiger partial charge in [-0.3, -0.25) is 19.7 Å². The Morgan fingerprint density at radius 1 is 0.894 bits per heavy atom. The molecule has 12 heteroatoms. The highest BCUT2D eigenvalue weighted by Gasteiger charge is 2.37. The molecule has 1 aliphatic heterocycles. The maximum atomic E-state index is 13.5. The number of nitrogens with one attached hydrogen (secondary N) is 2. The lowest BCUT2D eigenvalue weighted by molar-refractivity contribution is -0.122. The molecule has 0 unspecified atom stereocenters. The third-order valence-electron chi connectivity index (χ3n) is 6.81. The molecule has 2 N–H and O–H groups in total. The number of hydrogen-bond donors (Lipinski definition) is 2. The van der Waals surface area contributed by atoms with Gasteiger partial charge in [-0.25, -0.2) is 9.69 Å². The van der Waals surface area contributed by atoms with E-state index in [1.165, 1.54) is 6.08 Å². The Morgan fingerprint density at radius 3 is 2.28 bits per heavy atom. The summed E-state index contributed by atoms with van der Waals surface area (Å²) >= 11 is 3.45. The normalized spacial score (nSPS) is 13.6. The van der Waals surface area contributed by atoms with Crippen LogP contribution in [0.5, 0.6) is 23.0 Å². The minimum absolute atomic E-state index is 0.254. The molecule has 4 aromatic carbocycles. The minimum atomic E-state index is -0.872. The molecule has 1 heterocycles. The number of urea groups is 1. The number of hydrogen-bond acceptors (Lipinski definition) is 8. The maximum absolute atomic E-state index is 13.5. The highest BCUT2D eigenvalue weighted by Crippen LogP contribution is 2.38. The monoisotopic (exact) mass is 699 g/mol. The summed E-state index contributed by atoms with van der Waals surface area (Å²) < 4.78 is 22.9. The summed E-state index contributed by atoms with van der Waals surface area (Å²) in [6, 6.07) is 25.2. The number of rotatable bonds is 12. The zero-order valence-corrected chi connectivity index (χ0v) is 27.0. The third-order valence-corrected chi connectivity index (χ3v) is 7.40. The zero-order valence-electron chi connectivity index (χ0n) is 25.5. The van der Waals surface area contributed by atoms with Crippen LogP contribution in [0.3, 0.4) is 0 Å². The van der Waals surface area contributed by atoms with Crippen molar-refractivity contribution in [1.29, 1.82) is 0 Å². The average Bonchev–Trinajstić information content (AvgIpc) is 3.07. The predicted octanol–water partition coefficient (Wildman–Crippen LogP) is 6.12. The highest BCUT2D eigenvalue weighted by molar-refractivity contribution is 9.10. The fraction of sp³-hybridized carbons (Fsp3) is 0.143. The molecule has 0 spiro atoms. The van der Waals surface area contributed by atoms with Gasteiger partial charge < -0.3 is 24.3 Å². The zero-order chi connectivity index (χ0) is 33.3. The highest BCUT2D eigenvalue weighted by atomic mass is 79.9. The van der Waals surface area contributed by atoms with E-state index >= 15 is 0 Å². The van der Waals surface area contributed by atoms with Gasteiger partial charge in [-0.15, -0.1) is 0 Å². The van der Waals surface area contributed by atoms with Crippen LogP contribution in [0, 0.1) is 0 Å². The molecule has 4 aromatic rings. The van der Waals surface area contributed by atoms with Crippen LogP contribution in [0.1, 0.15) is 18.1 Å². The maximum Gasteiger partial charge on any atom is 0.335 e. The van der Waals surface area contributed by atoms with Gasteiger partial charge in [0.15, 0.2) is 18.1 Å². The molecule has 240 valence electrons. The molecule has 5 amide bonds. The number of carbonyl (C=O) groups is 4. The lowest BCUT2D eigenvalue weighted by Crippen LogP contribution is -2.54. The number of ether oxygens (including phenoxy) is 4. The summed E-state index contributed by atoms with van der Waals surface area (Å²) in [7, 11) is 1.55. The van der Waals surface area contributed by atoms with Gasteiger partial charge in [-0.05, 0) is 101 Å². The first-order valence-electron chi connectivity index (χ1n) is 14.5. The van der Waals surface area contributed by atoms with E-state index in [1.54, 1.807) is 74.7 Å². The molecular weight excluding hydrogens is 670 g/mol. The van der Waals surface area contributed by atoms with E-state index in [0.717, 1.165) is 10.5 Å². The number of methoxy groups -OCH3 is 1. The fourth-order valence-electron chi connectivity index (χ4n) is 4.57. The fourth-order valence-corrected chi connectivity index (χ4v) is 5.15. The van der Waals surface area contributed by atoms with Gasteiger partial charge in [0.1, 0.15) is 23.7 Å². The van der Waals surface area contributed by atoms with Crippen molar-refractivity contribution in [3.05, 3.63) is 112 Å². The molecule has 1 fully saturated rings. The van der Waals surface area contributed by atoms with Crippen LogP contribution < -0.4 is 34.5 Å². The summed E-state index contributed by atoms with van der Waals surface area (Å²) in [5, 5.41) is 4.96. The van der Waals surface area contributed by atoms with Crippen molar-refractivity contribution in [1.82, 2.24) is 5.32 Å². The summed E-state index contributed by atoms with van der Waals surface area (Å²) in [5.74, 6) is -0.322. The molecule has 0 bridgehead atoms. The molecule has 0 aromatic heterocycles. The second kappa shape index (κ2) is 15.1. The SMILES string of the molecule is CCOc1cc(/C=C2/C(=O)NC(=O)N(c3ccc(OCc4ccccc4)cc3)C2=O)cc(Br)c1OCC(=O)Nc1ccc(OC)cc1. The Morgan fingerprint density at radius 2 is 1.60 bits per heavy atom. The van der Waals surface area contributed by atoms with Crippen molar-refractivity contribution in [2.45, 2.75) is 13.5 Å². The number of carbonyl (C=O) groups excluding carboxylic acids is 4. The Balaban J connectivity index is 1.31. The molecular formula is C35H30BrN3O8. The van der Waals surface area contributed by atoms with Gasteiger partial charge in [-0.2, -0.15) is 0 Å². The standard InChI is InChI=1S/C35H30BrN3O8/c1-3-45-30-19-23(18-29(36)32(30)47-21-31(40)37-24-9-13-26(44-2)14-10-24)17-28-33(41)38-35(43)39(34(28)42)25-11-15-27(16-12-25)46-20-22-7-5-4-6-8-22/h4-19H,3,20-21H2,1-2H3,(H,37,40)(H,38,41,43)/b28-17-. The third kappa shape index (κ3) is 8.16. The molecule has 0 atom stereocenters. The van der Waals surface area contributed by atoms with Gasteiger partial charge in [0, 0.05) is 5.69 Å². The van der Waals surface area contributed by atoms with Crippen LogP contribution in [-0.4, -0.2) is 44.1 Å². The first-order chi connectivity index (χ1) is 22.7. The van der Waals surface area contributed by atoms with Crippen molar-refractivity contribution in [3.63, 3.8) is 0 Å². The minimum Gasteiger partial charge on any atom is -0.497 e. The molecule has 0 radical (unpaired) electrons. The van der Waals surface area contributed by atoms with Crippen LogP contribution in [0.25, 0.3) is 6.08 Å². The Hall–Kier alpha value is -5.62. The van der Waals surface area contributed by atoms with Gasteiger partial charge in [0.05, 0.1) is 23.9 Å². The Labute approximate surface area is 279 Å². The van der Waals surface area contributed by atoms with Crippen molar-refractivity contribution in [2.75, 3.05) is 30.5 Å². The first-order valence-corrected chi connectivity index (χ1v) is 15.3. The van der Waals surface area contributed by atoms with E-state index in [0.29, 0.717) is 33.8 Å². The lowest BCUT2D eigenvalue weighted by atomic mass is 10.1. The molecule has 11 nitrogen and oxygen atoms in total. The number of nitrogens with zero attached hydrogens (tertiary/aromatic N) is 1. The van der Waals surface area contributed by atoms with Gasteiger partial charge >= 0.3 is 6.03 Å². The summed E-state index contributed by atoms with van der Waals surface area (Å²) in [6.07, 6.45) is 1.35. The second-order valence-electron chi connectivity index (χ2n) is 10.1. The number of anilines is 2. The first kappa shape index (κ1) is 32.8. The summed E-state index contributed by atoms with van der Waals surface area (Å²) in [6.45, 7) is 2.08. The largest absolute Gasteiger partial charge is 0.497 e. The number of imide groups is 2. The molecule has 1 aliphatic rings. The second-order valence-corrected chi connectivity index (χ2v) is 10.9. The number of amides is 5. The molecule has 5 rings (SSSR count). The molecule has 0 aliphatic carbocycles. The molecule has 47 heavy (non-hydrogen) atoms. The lowest BCUT2D eigenvalue weighted by Gasteiger charge is -2.26. The van der Waals surface area contributed by atoms with Crippen molar-refractivity contribution < 1.29 is 38.1 Å². The quantitative estimate of drug-likeness (QED) is 0.134. The van der Waals surface area contributed by atoms with Gasteiger partial charge in [0.2, 0.25) is 0 Å². The van der Waals surface area contributed by atoms with E-state index in [9.17, 15) is 19.2 Å². The van der Waals surface area contributed by atoms with Crippen molar-refractivity contribution in [3.8, 4) is 23.0 Å². The van der Waals surface area contributed by atoms with Gasteiger partial charge in [0.25, 0.3) is 17.7 Å². The number of benzene rings is 4. The topological polar surface area (TPSA) is 132 Å². The summed E-state index contributed by atoms with van der Waals surface area (Å²) in [5.41, 5.74) is 1.96. The Kier molecular flexibility index (Phi) is 10.5. The van der Waals surface area contributed by atoms with E-state index in [1.807, 2.05) is 30.3 Å². The van der Waals surface area contributed by atoms with Crippen LogP contribution in [0.15, 0.2) is 101 Å². The van der Waals surface area contributed by atoms with Crippen LogP contribution in [-0.2, 0) is 21.0 Å². The van der Waals surface area contributed by atoms with Crippen molar-refractivity contribution >= 4 is 57.1 Å².